The van der Waals surface area contributed by atoms with Crippen molar-refractivity contribution in [2.24, 2.45) is 0 Å². The minimum Gasteiger partial charge on any atom is -0.506 e. The van der Waals surface area contributed by atoms with Crippen LogP contribution in [-0.2, 0) is 15.6 Å². The van der Waals surface area contributed by atoms with E-state index in [0.717, 1.165) is 71.0 Å². The Labute approximate surface area is 440 Å². The molecule has 0 radical (unpaired) electrons. The number of carboxylic acids is 4. The minimum atomic E-state index is -1.06. The molecule has 5 N–H and O–H groups in total. The fourth-order valence-corrected chi connectivity index (χ4v) is 10.5. The largest absolute Gasteiger partial charge is 0.506 e. The predicted molar refractivity (Wildman–Crippen MR) is 294 cm³/mol. The number of nitrogens with zero attached hydrogens (tertiary/aromatic N) is 4. The molecule has 6 aromatic rings. The summed E-state index contributed by atoms with van der Waals surface area (Å²) in [7, 11) is 0. The van der Waals surface area contributed by atoms with Crippen molar-refractivity contribution in [1.82, 2.24) is 0 Å². The monoisotopic (exact) mass is 1020 g/mol. The number of hydrogen-bond acceptors (Lipinski definition) is 9. The molecule has 0 aromatic heterocycles. The molecular weight excluding hydrogens is 961 g/mol. The van der Waals surface area contributed by atoms with Gasteiger partial charge in [-0.05, 0) is 159 Å². The highest BCUT2D eigenvalue weighted by Gasteiger charge is 2.48. The second-order valence-corrected chi connectivity index (χ2v) is 20.3. The second-order valence-electron chi connectivity index (χ2n) is 20.3. The Morgan fingerprint density at radius 1 is 0.539 bits per heavy atom. The van der Waals surface area contributed by atoms with Crippen LogP contribution in [0.2, 0.25) is 0 Å². The lowest BCUT2D eigenvalue weighted by Gasteiger charge is -2.29. The Morgan fingerprint density at radius 3 is 1.36 bits per heavy atom. The van der Waals surface area contributed by atoms with Gasteiger partial charge in [0.05, 0.1) is 38.8 Å². The van der Waals surface area contributed by atoms with E-state index in [1.165, 1.54) is 48.5 Å². The van der Waals surface area contributed by atoms with Crippen molar-refractivity contribution in [2.75, 3.05) is 27.8 Å². The van der Waals surface area contributed by atoms with Crippen LogP contribution in [0.3, 0.4) is 0 Å². The van der Waals surface area contributed by atoms with Crippen LogP contribution < -0.4 is 14.7 Å². The standard InChI is InChI=1S/C62H58N4O10/c1-7-9-31-63-51-29-27-45(65(41-19-11-37(12-20-41)57(69)70)42-21-13-38(14-22-42)58(71)72)33-49(51)61(3,4)53(63)35-47-55(67)48(56(47)68)36-54-62(5,6)50-34-46(28-30-52(50)64(54)32-10-8-2)66(43-23-15-39(16-24-43)59(73)74)44-25-17-40(18-26-44)60(75)76/h11-30,33-36H,7-10,31-32H2,1-6H3,(H4-,67,68,69,70,71,72,73,74,75,76)/p+1. The van der Waals surface area contributed by atoms with Gasteiger partial charge < -0.3 is 40.2 Å². The molecule has 76 heavy (non-hydrogen) atoms. The van der Waals surface area contributed by atoms with Crippen LogP contribution in [0, 0.1) is 0 Å². The third-order valence-corrected chi connectivity index (χ3v) is 14.8. The van der Waals surface area contributed by atoms with Crippen LogP contribution in [0.5, 0.6) is 0 Å². The number of benzene rings is 6. The van der Waals surface area contributed by atoms with Gasteiger partial charge in [0.1, 0.15) is 12.3 Å². The summed E-state index contributed by atoms with van der Waals surface area (Å²) in [5.74, 6) is -4.62. The first-order chi connectivity index (χ1) is 36.3. The smallest absolute Gasteiger partial charge is 0.335 e. The molecular formula is C62H59N4O10+. The summed E-state index contributed by atoms with van der Waals surface area (Å²) >= 11 is 0. The van der Waals surface area contributed by atoms with Crippen LogP contribution >= 0.6 is 0 Å². The van der Waals surface area contributed by atoms with Crippen LogP contribution in [0.1, 0.15) is 120 Å². The average Bonchev–Trinajstić information content (AvgIpc) is 3.81. The van der Waals surface area contributed by atoms with Crippen molar-refractivity contribution in [3.05, 3.63) is 202 Å². The molecule has 3 aliphatic rings. The van der Waals surface area contributed by atoms with E-state index in [1.54, 1.807) is 48.5 Å². The van der Waals surface area contributed by atoms with Crippen LogP contribution in [-0.4, -0.2) is 78.6 Å². The predicted octanol–water partition coefficient (Wildman–Crippen LogP) is 13.4. The van der Waals surface area contributed by atoms with Crippen LogP contribution in [0.4, 0.5) is 45.5 Å². The number of hydrogen-bond donors (Lipinski definition) is 5. The molecule has 0 spiro atoms. The van der Waals surface area contributed by atoms with Gasteiger partial charge in [-0.25, -0.2) is 19.2 Å². The first-order valence-electron chi connectivity index (χ1n) is 25.3. The maximum atomic E-state index is 14.6. The number of aliphatic hydroxyl groups is 1. The molecule has 0 bridgehead atoms. The lowest BCUT2D eigenvalue weighted by atomic mass is 9.77. The van der Waals surface area contributed by atoms with Gasteiger partial charge in [-0.1, -0.05) is 40.5 Å². The number of aromatic carboxylic acids is 4. The van der Waals surface area contributed by atoms with Gasteiger partial charge in [-0.3, -0.25) is 4.79 Å². The Balaban J connectivity index is 1.09. The van der Waals surface area contributed by atoms with Crippen molar-refractivity contribution in [2.45, 2.75) is 78.1 Å². The maximum absolute atomic E-state index is 14.6. The fourth-order valence-electron chi connectivity index (χ4n) is 10.5. The van der Waals surface area contributed by atoms with Crippen molar-refractivity contribution in [3.8, 4) is 0 Å². The van der Waals surface area contributed by atoms with Gasteiger partial charge in [-0.2, -0.15) is 4.58 Å². The molecule has 2 heterocycles. The number of unbranched alkanes of at least 4 members (excludes halogenated alkanes) is 2. The fraction of sp³-hybridized carbons (Fsp3) is 0.226. The van der Waals surface area contributed by atoms with E-state index >= 15 is 0 Å². The van der Waals surface area contributed by atoms with E-state index in [-0.39, 0.29) is 44.9 Å². The number of carbonyl (C=O) groups is 5. The number of rotatable bonds is 18. The quantitative estimate of drug-likeness (QED) is 0.0403. The minimum absolute atomic E-state index is 0.0997. The normalized spacial score (nSPS) is 16.2. The highest BCUT2D eigenvalue weighted by molar-refractivity contribution is 6.24. The van der Waals surface area contributed by atoms with Gasteiger partial charge in [0, 0.05) is 81.6 Å². The molecule has 14 heteroatoms. The van der Waals surface area contributed by atoms with Crippen molar-refractivity contribution in [1.29, 1.82) is 0 Å². The number of ketones is 1. The van der Waals surface area contributed by atoms with Crippen molar-refractivity contribution < 1.29 is 54.1 Å². The van der Waals surface area contributed by atoms with Gasteiger partial charge >= 0.3 is 23.9 Å². The van der Waals surface area contributed by atoms with Gasteiger partial charge in [0.25, 0.3) is 0 Å². The number of fused-ring (bicyclic) bond motifs is 2. The number of carbonyl (C=O) groups excluding carboxylic acids is 1. The Bertz CT molecular complexity index is 3360. The van der Waals surface area contributed by atoms with Gasteiger partial charge in [0.15, 0.2) is 5.71 Å². The van der Waals surface area contributed by atoms with Gasteiger partial charge in [-0.15, -0.1) is 0 Å². The average molecular weight is 1020 g/mol. The SMILES string of the molecule is CCCCN1/C(=C/C2=C(O)C(=C\C3=[N+](CCCC)c4ccc(N(c5ccc(C(=O)O)cc5)c5ccc(C(=O)O)cc5)cc4C3(C)C)/C2=O)C(C)(C)c2cc(N(c3ccc(C(=O)O)cc3)c3ccc(C(=O)O)cc3)ccc21. The summed E-state index contributed by atoms with van der Waals surface area (Å²) in [4.78, 5) is 67.9. The van der Waals surface area contributed by atoms with Crippen LogP contribution in [0.25, 0.3) is 0 Å². The maximum Gasteiger partial charge on any atom is 0.335 e. The zero-order chi connectivity index (χ0) is 54.4. The number of aliphatic hydroxyl groups excluding tert-OH is 1. The molecule has 2 aliphatic heterocycles. The number of anilines is 7. The molecule has 386 valence electrons. The third kappa shape index (κ3) is 9.31. The lowest BCUT2D eigenvalue weighted by Crippen LogP contribution is -2.32. The topological polar surface area (TPSA) is 199 Å². The summed E-state index contributed by atoms with van der Waals surface area (Å²) in [5.41, 5.74) is 9.16. The lowest BCUT2D eigenvalue weighted by molar-refractivity contribution is -0.438. The first kappa shape index (κ1) is 51.8. The van der Waals surface area contributed by atoms with E-state index in [2.05, 4.69) is 63.2 Å². The van der Waals surface area contributed by atoms with Crippen LogP contribution in [0.15, 0.2) is 168 Å². The molecule has 0 amide bonds. The number of Topliss-reactive ketones (excluding diaryl/α,β-unsaturated/α-hetero) is 1. The molecule has 0 saturated carbocycles. The van der Waals surface area contributed by atoms with E-state index in [1.807, 2.05) is 46.2 Å². The molecule has 0 fully saturated rings. The summed E-state index contributed by atoms with van der Waals surface area (Å²) in [6, 6.07) is 38.1. The summed E-state index contributed by atoms with van der Waals surface area (Å²) in [5, 5.41) is 50.7. The van der Waals surface area contributed by atoms with E-state index < -0.39 is 34.7 Å². The molecule has 0 atom stereocenters. The molecule has 1 aliphatic carbocycles. The summed E-state index contributed by atoms with van der Waals surface area (Å²) < 4.78 is 2.21. The Kier molecular flexibility index (Phi) is 13.9. The van der Waals surface area contributed by atoms with E-state index in [0.29, 0.717) is 35.8 Å². The van der Waals surface area contributed by atoms with Crippen molar-refractivity contribution in [3.63, 3.8) is 0 Å². The molecule has 0 saturated heterocycles. The number of allylic oxidation sites excluding steroid dienone is 5. The zero-order valence-electron chi connectivity index (χ0n) is 43.2. The molecule has 6 aromatic carbocycles. The van der Waals surface area contributed by atoms with Gasteiger partial charge in [0.2, 0.25) is 11.5 Å². The zero-order valence-corrected chi connectivity index (χ0v) is 43.2. The van der Waals surface area contributed by atoms with E-state index in [9.17, 15) is 49.5 Å². The third-order valence-electron chi connectivity index (χ3n) is 14.8. The molecule has 14 nitrogen and oxygen atoms in total. The highest BCUT2D eigenvalue weighted by atomic mass is 16.4. The Hall–Kier alpha value is -9.04. The highest BCUT2D eigenvalue weighted by Crippen LogP contribution is 2.52. The first-order valence-corrected chi connectivity index (χ1v) is 25.3. The van der Waals surface area contributed by atoms with E-state index in [4.69, 9.17) is 0 Å². The summed E-state index contributed by atoms with van der Waals surface area (Å²) in [6.07, 6.45) is 7.16. The Morgan fingerprint density at radius 2 is 0.947 bits per heavy atom. The second kappa shape index (κ2) is 20.3. The number of carboxylic acid groups (broad SMARTS) is 4. The molecule has 9 rings (SSSR count). The summed E-state index contributed by atoms with van der Waals surface area (Å²) in [6.45, 7) is 13.9. The van der Waals surface area contributed by atoms with Crippen molar-refractivity contribution >= 4 is 80.9 Å². The molecule has 0 unspecified atom stereocenters.